The van der Waals surface area contributed by atoms with Crippen LogP contribution in [-0.2, 0) is 16.7 Å². The number of hydrogen-bond acceptors (Lipinski definition) is 6. The number of thioether (sulfide) groups is 1. The number of amidine groups is 1. The molecule has 0 aliphatic carbocycles. The summed E-state index contributed by atoms with van der Waals surface area (Å²) in [6.45, 7) is 2.45. The van der Waals surface area contributed by atoms with Gasteiger partial charge in [0.1, 0.15) is 5.75 Å². The highest BCUT2D eigenvalue weighted by Crippen LogP contribution is 2.32. The van der Waals surface area contributed by atoms with Gasteiger partial charge in [0.2, 0.25) is 6.17 Å². The van der Waals surface area contributed by atoms with Gasteiger partial charge in [-0.3, -0.25) is 20.0 Å². The number of amides is 1. The largest absolute Gasteiger partial charge is 0.494 e. The summed E-state index contributed by atoms with van der Waals surface area (Å²) in [5.41, 5.74) is 3.33. The van der Waals surface area contributed by atoms with Crippen LogP contribution in [0.2, 0.25) is 0 Å². The second kappa shape index (κ2) is 8.54. The van der Waals surface area contributed by atoms with E-state index in [2.05, 4.69) is 10.5 Å². The van der Waals surface area contributed by atoms with Crippen molar-refractivity contribution in [3.05, 3.63) is 72.1 Å². The molecule has 0 radical (unpaired) electrons. The zero-order valence-corrected chi connectivity index (χ0v) is 17.3. The van der Waals surface area contributed by atoms with E-state index in [9.17, 15) is 18.0 Å². The lowest BCUT2D eigenvalue weighted by molar-refractivity contribution is -0.137. The third-order valence-corrected chi connectivity index (χ3v) is 5.72. The van der Waals surface area contributed by atoms with Crippen molar-refractivity contribution in [1.82, 2.24) is 10.3 Å². The van der Waals surface area contributed by atoms with Gasteiger partial charge in [0.25, 0.3) is 5.91 Å². The second-order valence-corrected chi connectivity index (χ2v) is 7.70. The van der Waals surface area contributed by atoms with Crippen molar-refractivity contribution >= 4 is 28.5 Å². The monoisotopic (exact) mass is 448 g/mol. The molecule has 6 nitrogen and oxygen atoms in total. The van der Waals surface area contributed by atoms with Crippen molar-refractivity contribution < 1.29 is 22.7 Å². The van der Waals surface area contributed by atoms with Gasteiger partial charge in [-0.2, -0.15) is 18.3 Å². The lowest BCUT2D eigenvalue weighted by Gasteiger charge is -2.32. The first-order valence-corrected chi connectivity index (χ1v) is 10.5. The molecule has 162 valence electrons. The molecular weight excluding hydrogens is 429 g/mol. The lowest BCUT2D eigenvalue weighted by atomic mass is 10.1. The van der Waals surface area contributed by atoms with E-state index in [1.807, 2.05) is 6.92 Å². The maximum absolute atomic E-state index is 12.9. The Morgan fingerprint density at radius 2 is 1.94 bits per heavy atom. The molecule has 2 aromatic carbocycles. The first-order valence-electron chi connectivity index (χ1n) is 9.51. The molecule has 0 fully saturated rings. The molecule has 0 spiro atoms. The number of carbonyl (C=O) groups is 1. The average molecular weight is 448 g/mol. The fourth-order valence-electron chi connectivity index (χ4n) is 3.19. The van der Waals surface area contributed by atoms with Crippen molar-refractivity contribution in [3.63, 3.8) is 0 Å². The van der Waals surface area contributed by atoms with Crippen LogP contribution in [0.4, 0.5) is 18.9 Å². The number of fused-ring (bicyclic) bond motifs is 1. The lowest BCUT2D eigenvalue weighted by Crippen LogP contribution is -2.52. The summed E-state index contributed by atoms with van der Waals surface area (Å²) in [5, 5.41) is 4.71. The van der Waals surface area contributed by atoms with Crippen molar-refractivity contribution in [2.75, 3.05) is 11.5 Å². The van der Waals surface area contributed by atoms with Crippen LogP contribution in [0, 0.1) is 0 Å². The Labute approximate surface area is 181 Å². The van der Waals surface area contributed by atoms with Crippen molar-refractivity contribution in [2.45, 2.75) is 25.0 Å². The molecule has 2 aliphatic rings. The molecule has 2 aromatic rings. The third-order valence-electron chi connectivity index (χ3n) is 4.68. The number of carbonyl (C=O) groups excluding carboxylic acids is 1. The van der Waals surface area contributed by atoms with E-state index in [0.717, 1.165) is 17.9 Å². The summed E-state index contributed by atoms with van der Waals surface area (Å²) < 4.78 is 44.1. The van der Waals surface area contributed by atoms with Crippen molar-refractivity contribution in [2.24, 2.45) is 5.10 Å². The fraction of sp³-hybridized carbons (Fsp3) is 0.238. The number of nitrogens with zero attached hydrogens (tertiary/aromatic N) is 3. The number of anilines is 1. The van der Waals surface area contributed by atoms with Gasteiger partial charge < -0.3 is 4.74 Å². The summed E-state index contributed by atoms with van der Waals surface area (Å²) in [4.78, 5) is 16.1. The minimum Gasteiger partial charge on any atom is -0.494 e. The molecular formula is C21H19F3N4O2S. The van der Waals surface area contributed by atoms with Gasteiger partial charge in [0.05, 0.1) is 12.2 Å². The molecule has 1 amide bonds. The molecule has 10 heteroatoms. The SMILES string of the molecule is CCOc1ccc(N2C=CN3C(SCc4cccc(C(F)(F)F)c4)=NNC3C2=O)cc1. The van der Waals surface area contributed by atoms with Crippen LogP contribution in [0.25, 0.3) is 0 Å². The predicted octanol–water partition coefficient (Wildman–Crippen LogP) is 4.36. The van der Waals surface area contributed by atoms with Crippen LogP contribution in [-0.4, -0.2) is 28.7 Å². The van der Waals surface area contributed by atoms with Gasteiger partial charge in [0.15, 0.2) is 5.17 Å². The Balaban J connectivity index is 1.43. The van der Waals surface area contributed by atoms with Gasteiger partial charge in [-0.05, 0) is 42.8 Å². The van der Waals surface area contributed by atoms with Crippen LogP contribution in [0.3, 0.4) is 0 Å². The highest BCUT2D eigenvalue weighted by Gasteiger charge is 2.38. The number of ether oxygens (including phenoxy) is 1. The number of rotatable bonds is 5. The van der Waals surface area contributed by atoms with Gasteiger partial charge >= 0.3 is 6.18 Å². The molecule has 1 unspecified atom stereocenters. The van der Waals surface area contributed by atoms with E-state index in [1.54, 1.807) is 47.6 Å². The maximum atomic E-state index is 12.9. The number of hydrazone groups is 1. The smallest absolute Gasteiger partial charge is 0.416 e. The Bertz CT molecular complexity index is 1020. The van der Waals surface area contributed by atoms with Crippen LogP contribution in [0.15, 0.2) is 66.0 Å². The number of alkyl halides is 3. The molecule has 2 heterocycles. The van der Waals surface area contributed by atoms with Crippen molar-refractivity contribution in [1.29, 1.82) is 0 Å². The van der Waals surface area contributed by atoms with Gasteiger partial charge in [0, 0.05) is 23.8 Å². The molecule has 1 atom stereocenters. The summed E-state index contributed by atoms with van der Waals surface area (Å²) in [6.07, 6.45) is -1.73. The van der Waals surface area contributed by atoms with Crippen LogP contribution in [0.5, 0.6) is 5.75 Å². The van der Waals surface area contributed by atoms with Crippen LogP contribution < -0.4 is 15.1 Å². The quantitative estimate of drug-likeness (QED) is 0.737. The molecule has 31 heavy (non-hydrogen) atoms. The number of halogens is 3. The summed E-state index contributed by atoms with van der Waals surface area (Å²) >= 11 is 1.26. The Morgan fingerprint density at radius 3 is 2.65 bits per heavy atom. The van der Waals surface area contributed by atoms with Crippen LogP contribution >= 0.6 is 11.8 Å². The fourth-order valence-corrected chi connectivity index (χ4v) is 4.10. The summed E-state index contributed by atoms with van der Waals surface area (Å²) in [7, 11) is 0. The van der Waals surface area contributed by atoms with E-state index < -0.39 is 17.9 Å². The average Bonchev–Trinajstić information content (AvgIpc) is 3.17. The van der Waals surface area contributed by atoms with Gasteiger partial charge in [-0.1, -0.05) is 30.0 Å². The number of hydrogen-bond donors (Lipinski definition) is 1. The molecule has 0 saturated heterocycles. The van der Waals surface area contributed by atoms with E-state index in [0.29, 0.717) is 23.0 Å². The second-order valence-electron chi connectivity index (χ2n) is 6.75. The van der Waals surface area contributed by atoms with E-state index in [1.165, 1.54) is 22.7 Å². The first kappa shape index (κ1) is 21.1. The normalized spacial score (nSPS) is 18.0. The minimum atomic E-state index is -4.38. The molecule has 0 bridgehead atoms. The number of nitrogens with one attached hydrogen (secondary N) is 1. The van der Waals surface area contributed by atoms with Crippen molar-refractivity contribution in [3.8, 4) is 5.75 Å². The summed E-state index contributed by atoms with van der Waals surface area (Å²) in [5.74, 6) is 0.792. The molecule has 1 N–H and O–H groups in total. The Hall–Kier alpha value is -3.14. The third kappa shape index (κ3) is 4.48. The standard InChI is InChI=1S/C21H19F3N4O2S/c1-2-30-17-8-6-16(7-9-17)27-10-11-28-18(19(27)29)25-26-20(28)31-13-14-4-3-5-15(12-14)21(22,23)24/h3-12,18,25H,2,13H2,1H3. The zero-order chi connectivity index (χ0) is 22.0. The minimum absolute atomic E-state index is 0.218. The molecule has 0 saturated carbocycles. The highest BCUT2D eigenvalue weighted by molar-refractivity contribution is 8.13. The zero-order valence-electron chi connectivity index (χ0n) is 16.5. The molecule has 4 rings (SSSR count). The highest BCUT2D eigenvalue weighted by atomic mass is 32.2. The first-order chi connectivity index (χ1) is 14.9. The predicted molar refractivity (Wildman–Crippen MR) is 113 cm³/mol. The van der Waals surface area contributed by atoms with Gasteiger partial charge in [-0.15, -0.1) is 0 Å². The Kier molecular flexibility index (Phi) is 5.81. The topological polar surface area (TPSA) is 57.2 Å². The van der Waals surface area contributed by atoms with Crippen LogP contribution in [0.1, 0.15) is 18.1 Å². The Morgan fingerprint density at radius 1 is 1.16 bits per heavy atom. The van der Waals surface area contributed by atoms with E-state index in [-0.39, 0.29) is 11.7 Å². The summed E-state index contributed by atoms with van der Waals surface area (Å²) in [6, 6.07) is 12.4. The van der Waals surface area contributed by atoms with E-state index >= 15 is 0 Å². The molecule has 0 aromatic heterocycles. The molecule has 2 aliphatic heterocycles. The maximum Gasteiger partial charge on any atom is 0.416 e. The van der Waals surface area contributed by atoms with E-state index in [4.69, 9.17) is 4.74 Å². The van der Waals surface area contributed by atoms with Gasteiger partial charge in [-0.25, -0.2) is 0 Å². The number of benzene rings is 2.